The van der Waals surface area contributed by atoms with Gasteiger partial charge in [-0.1, -0.05) is 24.8 Å². The first-order chi connectivity index (χ1) is 8.50. The lowest BCUT2D eigenvalue weighted by Crippen LogP contribution is -2.10. The van der Waals surface area contributed by atoms with Crippen LogP contribution in [0.3, 0.4) is 0 Å². The van der Waals surface area contributed by atoms with Gasteiger partial charge in [-0.05, 0) is 26.0 Å². The molecule has 0 amide bonds. The Balaban J connectivity index is 2.59. The monoisotopic (exact) mass is 246 g/mol. The summed E-state index contributed by atoms with van der Waals surface area (Å²) in [5.74, 6) is -0.723. The van der Waals surface area contributed by atoms with Gasteiger partial charge in [-0.25, -0.2) is 9.59 Å². The standard InChI is InChI=1S/C14H14O4/c1-10(2)13(15)17-9-11(3)14(16)18-12-7-5-4-6-8-12/h4-9H,1H2,2-3H3. The Labute approximate surface area is 106 Å². The van der Waals surface area contributed by atoms with Crippen LogP contribution in [0, 0.1) is 0 Å². The van der Waals surface area contributed by atoms with Crippen molar-refractivity contribution >= 4 is 11.9 Å². The predicted molar refractivity (Wildman–Crippen MR) is 66.7 cm³/mol. The van der Waals surface area contributed by atoms with E-state index in [0.29, 0.717) is 5.75 Å². The third kappa shape index (κ3) is 4.25. The molecule has 4 nitrogen and oxygen atoms in total. The quantitative estimate of drug-likeness (QED) is 0.354. The summed E-state index contributed by atoms with van der Waals surface area (Å²) < 4.78 is 9.77. The van der Waals surface area contributed by atoms with Crippen molar-refractivity contribution in [2.24, 2.45) is 0 Å². The molecule has 1 aromatic rings. The third-order valence-corrected chi connectivity index (χ3v) is 1.97. The van der Waals surface area contributed by atoms with Gasteiger partial charge in [0.05, 0.1) is 5.57 Å². The summed E-state index contributed by atoms with van der Waals surface area (Å²) in [6.45, 7) is 6.44. The number of hydrogen-bond donors (Lipinski definition) is 0. The first-order valence-corrected chi connectivity index (χ1v) is 5.31. The third-order valence-electron chi connectivity index (χ3n) is 1.97. The van der Waals surface area contributed by atoms with E-state index in [9.17, 15) is 9.59 Å². The van der Waals surface area contributed by atoms with Crippen molar-refractivity contribution in [1.29, 1.82) is 0 Å². The van der Waals surface area contributed by atoms with E-state index in [1.807, 2.05) is 6.07 Å². The SMILES string of the molecule is C=C(C)C(=O)OC=C(C)C(=O)Oc1ccccc1. The topological polar surface area (TPSA) is 52.6 Å². The summed E-state index contributed by atoms with van der Waals surface area (Å²) in [7, 11) is 0. The maximum Gasteiger partial charge on any atom is 0.342 e. The number of ether oxygens (including phenoxy) is 2. The van der Waals surface area contributed by atoms with Gasteiger partial charge in [0, 0.05) is 5.57 Å². The van der Waals surface area contributed by atoms with Gasteiger partial charge in [-0.3, -0.25) is 0 Å². The minimum atomic E-state index is -0.582. The lowest BCUT2D eigenvalue weighted by Gasteiger charge is -2.04. The second-order valence-electron chi connectivity index (χ2n) is 3.69. The van der Waals surface area contributed by atoms with Gasteiger partial charge >= 0.3 is 11.9 Å². The minimum absolute atomic E-state index is 0.188. The zero-order valence-corrected chi connectivity index (χ0v) is 10.3. The van der Waals surface area contributed by atoms with Crippen LogP contribution in [0.25, 0.3) is 0 Å². The van der Waals surface area contributed by atoms with Crippen LogP contribution in [0.5, 0.6) is 5.75 Å². The van der Waals surface area contributed by atoms with Gasteiger partial charge in [0.15, 0.2) is 0 Å². The molecule has 1 rings (SSSR count). The fourth-order valence-corrected chi connectivity index (χ4v) is 0.967. The molecule has 0 N–H and O–H groups in total. The Morgan fingerprint density at radius 2 is 1.72 bits per heavy atom. The maximum absolute atomic E-state index is 11.6. The number of hydrogen-bond acceptors (Lipinski definition) is 4. The smallest absolute Gasteiger partial charge is 0.342 e. The molecule has 0 radical (unpaired) electrons. The highest BCUT2D eigenvalue weighted by molar-refractivity contribution is 5.91. The van der Waals surface area contributed by atoms with Gasteiger partial charge in [0.2, 0.25) is 0 Å². The molecule has 4 heteroatoms. The van der Waals surface area contributed by atoms with Crippen molar-refractivity contribution in [2.75, 3.05) is 0 Å². The molecule has 0 aliphatic carbocycles. The van der Waals surface area contributed by atoms with E-state index in [2.05, 4.69) is 6.58 Å². The number of rotatable bonds is 4. The van der Waals surface area contributed by atoms with Crippen LogP contribution < -0.4 is 4.74 Å². The maximum atomic E-state index is 11.6. The number of carbonyl (C=O) groups excluding carboxylic acids is 2. The lowest BCUT2D eigenvalue weighted by molar-refractivity contribution is -0.133. The molecule has 0 aliphatic heterocycles. The molecule has 18 heavy (non-hydrogen) atoms. The van der Waals surface area contributed by atoms with Crippen LogP contribution in [0.2, 0.25) is 0 Å². The van der Waals surface area contributed by atoms with Crippen molar-refractivity contribution in [2.45, 2.75) is 13.8 Å². The molecule has 0 aromatic heterocycles. The summed E-state index contributed by atoms with van der Waals surface area (Å²) >= 11 is 0. The minimum Gasteiger partial charge on any atom is -0.431 e. The van der Waals surface area contributed by atoms with Gasteiger partial charge in [-0.2, -0.15) is 0 Å². The molecule has 0 bridgehead atoms. The molecule has 0 atom stereocenters. The molecule has 0 spiro atoms. The normalized spacial score (nSPS) is 10.7. The van der Waals surface area contributed by atoms with E-state index in [1.165, 1.54) is 13.8 Å². The Morgan fingerprint density at radius 1 is 1.11 bits per heavy atom. The van der Waals surface area contributed by atoms with E-state index in [1.54, 1.807) is 24.3 Å². The Kier molecular flexibility index (Phi) is 4.87. The van der Waals surface area contributed by atoms with Crippen LogP contribution in [-0.4, -0.2) is 11.9 Å². The highest BCUT2D eigenvalue weighted by Gasteiger charge is 2.09. The molecule has 0 aliphatic rings. The molecule has 0 saturated carbocycles. The largest absolute Gasteiger partial charge is 0.431 e. The number of esters is 2. The summed E-state index contributed by atoms with van der Waals surface area (Å²) in [5, 5.41) is 0. The first-order valence-electron chi connectivity index (χ1n) is 5.31. The van der Waals surface area contributed by atoms with Crippen LogP contribution in [-0.2, 0) is 14.3 Å². The van der Waals surface area contributed by atoms with Crippen LogP contribution in [0.1, 0.15) is 13.8 Å². The molecule has 0 fully saturated rings. The van der Waals surface area contributed by atoms with E-state index in [-0.39, 0.29) is 11.1 Å². The lowest BCUT2D eigenvalue weighted by atomic mass is 10.3. The fourth-order valence-electron chi connectivity index (χ4n) is 0.967. The summed E-state index contributed by atoms with van der Waals surface area (Å²) in [4.78, 5) is 22.7. The average molecular weight is 246 g/mol. The number of para-hydroxylation sites is 1. The summed E-state index contributed by atoms with van der Waals surface area (Å²) in [5.41, 5.74) is 0.448. The second-order valence-corrected chi connectivity index (χ2v) is 3.69. The summed E-state index contributed by atoms with van der Waals surface area (Å²) in [6, 6.07) is 8.64. The van der Waals surface area contributed by atoms with Crippen LogP contribution in [0.15, 0.2) is 54.3 Å². The highest BCUT2D eigenvalue weighted by atomic mass is 16.5. The predicted octanol–water partition coefficient (Wildman–Crippen LogP) is 2.62. The van der Waals surface area contributed by atoms with E-state index < -0.39 is 11.9 Å². The molecular formula is C14H14O4. The second kappa shape index (κ2) is 6.39. The first kappa shape index (κ1) is 13.7. The number of carbonyl (C=O) groups is 2. The van der Waals surface area contributed by atoms with E-state index in [0.717, 1.165) is 6.26 Å². The van der Waals surface area contributed by atoms with E-state index >= 15 is 0 Å². The van der Waals surface area contributed by atoms with Gasteiger partial charge in [0.1, 0.15) is 12.0 Å². The van der Waals surface area contributed by atoms with Crippen molar-refractivity contribution < 1.29 is 19.1 Å². The van der Waals surface area contributed by atoms with Crippen molar-refractivity contribution in [3.63, 3.8) is 0 Å². The molecule has 1 aromatic carbocycles. The molecule has 0 heterocycles. The Hall–Kier alpha value is -2.36. The van der Waals surface area contributed by atoms with Crippen LogP contribution in [0.4, 0.5) is 0 Å². The van der Waals surface area contributed by atoms with E-state index in [4.69, 9.17) is 9.47 Å². The average Bonchev–Trinajstić information content (AvgIpc) is 2.36. The molecule has 0 saturated heterocycles. The van der Waals surface area contributed by atoms with Crippen molar-refractivity contribution in [1.82, 2.24) is 0 Å². The zero-order chi connectivity index (χ0) is 13.5. The zero-order valence-electron chi connectivity index (χ0n) is 10.3. The van der Waals surface area contributed by atoms with Gasteiger partial charge in [-0.15, -0.1) is 0 Å². The number of benzene rings is 1. The van der Waals surface area contributed by atoms with Crippen molar-refractivity contribution in [3.05, 3.63) is 54.3 Å². The highest BCUT2D eigenvalue weighted by Crippen LogP contribution is 2.10. The summed E-state index contributed by atoms with van der Waals surface area (Å²) in [6.07, 6.45) is 1.06. The van der Waals surface area contributed by atoms with Crippen LogP contribution >= 0.6 is 0 Å². The van der Waals surface area contributed by atoms with Crippen molar-refractivity contribution in [3.8, 4) is 5.75 Å². The fraction of sp³-hybridized carbons (Fsp3) is 0.143. The molecular weight excluding hydrogens is 232 g/mol. The van der Waals surface area contributed by atoms with Gasteiger partial charge in [0.25, 0.3) is 0 Å². The Morgan fingerprint density at radius 3 is 2.28 bits per heavy atom. The molecule has 94 valence electrons. The Bertz CT molecular complexity index is 486. The molecule has 0 unspecified atom stereocenters. The van der Waals surface area contributed by atoms with Gasteiger partial charge < -0.3 is 9.47 Å².